The number of nitrogens with zero attached hydrogens (tertiary/aromatic N) is 2. The van der Waals surface area contributed by atoms with Crippen LogP contribution in [-0.2, 0) is 0 Å². The molecule has 0 saturated carbocycles. The molecule has 3 heteroatoms. The Morgan fingerprint density at radius 3 is 2.38 bits per heavy atom. The lowest BCUT2D eigenvalue weighted by Gasteiger charge is -2.05. The summed E-state index contributed by atoms with van der Waals surface area (Å²) < 4.78 is 13.0. The van der Waals surface area contributed by atoms with Crippen LogP contribution in [-0.4, -0.2) is 9.97 Å². The van der Waals surface area contributed by atoms with E-state index in [2.05, 4.69) is 23.8 Å². The first-order chi connectivity index (χ1) is 7.66. The van der Waals surface area contributed by atoms with Gasteiger partial charge in [-0.05, 0) is 23.6 Å². The van der Waals surface area contributed by atoms with E-state index in [9.17, 15) is 4.39 Å². The summed E-state index contributed by atoms with van der Waals surface area (Å²) in [5, 5.41) is 0. The Hall–Kier alpha value is -1.77. The predicted molar refractivity (Wildman–Crippen MR) is 61.5 cm³/mol. The van der Waals surface area contributed by atoms with E-state index in [4.69, 9.17) is 0 Å². The minimum Gasteiger partial charge on any atom is -0.236 e. The summed E-state index contributed by atoms with van der Waals surface area (Å²) in [5.41, 5.74) is 1.79. The molecule has 1 heterocycles. The van der Waals surface area contributed by atoms with Crippen LogP contribution in [0.4, 0.5) is 4.39 Å². The van der Waals surface area contributed by atoms with Crippen molar-refractivity contribution in [3.05, 3.63) is 48.0 Å². The maximum absolute atomic E-state index is 13.0. The van der Waals surface area contributed by atoms with Gasteiger partial charge in [0, 0.05) is 18.0 Å². The fraction of sp³-hybridized carbons (Fsp3) is 0.231. The summed E-state index contributed by atoms with van der Waals surface area (Å²) >= 11 is 0. The Bertz CT molecular complexity index is 478. The minimum absolute atomic E-state index is 0.269. The van der Waals surface area contributed by atoms with Crippen LogP contribution in [0.3, 0.4) is 0 Å². The van der Waals surface area contributed by atoms with E-state index < -0.39 is 0 Å². The highest BCUT2D eigenvalue weighted by Crippen LogP contribution is 2.17. The first-order valence-corrected chi connectivity index (χ1v) is 5.24. The van der Waals surface area contributed by atoms with Gasteiger partial charge in [-0.3, -0.25) is 0 Å². The lowest BCUT2D eigenvalue weighted by molar-refractivity contribution is 0.628. The van der Waals surface area contributed by atoms with E-state index in [1.54, 1.807) is 24.5 Å². The molecule has 0 saturated heterocycles. The summed E-state index contributed by atoms with van der Waals surface area (Å²) in [5.74, 6) is 0.694. The summed E-state index contributed by atoms with van der Waals surface area (Å²) in [6.07, 6.45) is 3.58. The quantitative estimate of drug-likeness (QED) is 0.768. The van der Waals surface area contributed by atoms with Crippen LogP contribution >= 0.6 is 0 Å². The lowest BCUT2D eigenvalue weighted by atomic mass is 10.1. The highest BCUT2D eigenvalue weighted by Gasteiger charge is 2.04. The molecule has 2 rings (SSSR count). The second-order valence-electron chi connectivity index (χ2n) is 4.01. The molecule has 0 fully saturated rings. The van der Waals surface area contributed by atoms with Gasteiger partial charge in [0.25, 0.3) is 0 Å². The van der Waals surface area contributed by atoms with E-state index in [-0.39, 0.29) is 5.82 Å². The second kappa shape index (κ2) is 4.39. The summed E-state index contributed by atoms with van der Waals surface area (Å²) in [7, 11) is 0. The molecule has 0 radical (unpaired) electrons. The molecule has 0 aliphatic heterocycles. The number of rotatable bonds is 2. The van der Waals surface area contributed by atoms with E-state index in [1.165, 1.54) is 12.1 Å². The highest BCUT2D eigenvalue weighted by molar-refractivity contribution is 5.54. The molecule has 0 N–H and O–H groups in total. The number of halogens is 1. The van der Waals surface area contributed by atoms with Crippen molar-refractivity contribution < 1.29 is 4.39 Å². The lowest BCUT2D eigenvalue weighted by Crippen LogP contribution is -1.94. The van der Waals surface area contributed by atoms with Crippen LogP contribution in [0.5, 0.6) is 0 Å². The van der Waals surface area contributed by atoms with Gasteiger partial charge in [0.15, 0.2) is 5.82 Å². The van der Waals surface area contributed by atoms with Gasteiger partial charge in [0.2, 0.25) is 0 Å². The van der Waals surface area contributed by atoms with Crippen LogP contribution in [0, 0.1) is 5.82 Å². The monoisotopic (exact) mass is 216 g/mol. The third kappa shape index (κ3) is 2.24. The van der Waals surface area contributed by atoms with Crippen molar-refractivity contribution in [1.82, 2.24) is 9.97 Å². The van der Waals surface area contributed by atoms with Crippen molar-refractivity contribution in [1.29, 1.82) is 0 Å². The molecule has 0 aliphatic rings. The van der Waals surface area contributed by atoms with Crippen molar-refractivity contribution in [2.45, 2.75) is 19.8 Å². The average Bonchev–Trinajstić information content (AvgIpc) is 2.29. The van der Waals surface area contributed by atoms with Gasteiger partial charge in [0.05, 0.1) is 0 Å². The smallest absolute Gasteiger partial charge is 0.159 e. The van der Waals surface area contributed by atoms with Crippen molar-refractivity contribution >= 4 is 0 Å². The largest absolute Gasteiger partial charge is 0.236 e. The van der Waals surface area contributed by atoms with E-state index in [0.717, 1.165) is 5.56 Å². The van der Waals surface area contributed by atoms with Crippen molar-refractivity contribution in [3.63, 3.8) is 0 Å². The summed E-state index contributed by atoms with van der Waals surface area (Å²) in [4.78, 5) is 8.47. The van der Waals surface area contributed by atoms with Crippen LogP contribution in [0.2, 0.25) is 0 Å². The minimum atomic E-state index is -0.269. The van der Waals surface area contributed by atoms with Gasteiger partial charge >= 0.3 is 0 Å². The van der Waals surface area contributed by atoms with Gasteiger partial charge in [-0.25, -0.2) is 14.4 Å². The second-order valence-corrected chi connectivity index (χ2v) is 4.01. The van der Waals surface area contributed by atoms with E-state index >= 15 is 0 Å². The zero-order valence-electron chi connectivity index (χ0n) is 9.31. The molecule has 0 spiro atoms. The number of aromatic nitrogens is 2. The fourth-order valence-corrected chi connectivity index (χ4v) is 1.41. The molecule has 16 heavy (non-hydrogen) atoms. The van der Waals surface area contributed by atoms with Crippen LogP contribution in [0.1, 0.15) is 25.3 Å². The average molecular weight is 216 g/mol. The zero-order valence-corrected chi connectivity index (χ0v) is 9.31. The molecule has 0 unspecified atom stereocenters. The topological polar surface area (TPSA) is 25.8 Å². The molecular weight excluding hydrogens is 203 g/mol. The van der Waals surface area contributed by atoms with Gasteiger partial charge in [-0.1, -0.05) is 26.0 Å². The third-order valence-corrected chi connectivity index (χ3v) is 2.42. The first-order valence-electron chi connectivity index (χ1n) is 5.24. The van der Waals surface area contributed by atoms with Gasteiger partial charge < -0.3 is 0 Å². The van der Waals surface area contributed by atoms with Gasteiger partial charge in [-0.2, -0.15) is 0 Å². The molecule has 0 atom stereocenters. The maximum atomic E-state index is 13.0. The molecule has 2 aromatic rings. The Kier molecular flexibility index (Phi) is 2.95. The SMILES string of the molecule is CC(C)c1cnc(-c2cccc(F)c2)nc1. The predicted octanol–water partition coefficient (Wildman–Crippen LogP) is 3.41. The van der Waals surface area contributed by atoms with E-state index in [1.807, 2.05) is 0 Å². The molecule has 1 aromatic carbocycles. The standard InChI is InChI=1S/C13H13FN2/c1-9(2)11-7-15-13(16-8-11)10-4-3-5-12(14)6-10/h3-9H,1-2H3. The van der Waals surface area contributed by atoms with Gasteiger partial charge in [0.1, 0.15) is 5.82 Å². The molecule has 0 aliphatic carbocycles. The van der Waals surface area contributed by atoms with Crippen LogP contribution in [0.15, 0.2) is 36.7 Å². The van der Waals surface area contributed by atoms with Crippen molar-refractivity contribution in [3.8, 4) is 11.4 Å². The molecular formula is C13H13FN2. The fourth-order valence-electron chi connectivity index (χ4n) is 1.41. The van der Waals surface area contributed by atoms with Crippen molar-refractivity contribution in [2.75, 3.05) is 0 Å². The summed E-state index contributed by atoms with van der Waals surface area (Å²) in [6.45, 7) is 4.17. The molecule has 0 bridgehead atoms. The number of hydrogen-bond acceptors (Lipinski definition) is 2. The maximum Gasteiger partial charge on any atom is 0.159 e. The zero-order chi connectivity index (χ0) is 11.5. The van der Waals surface area contributed by atoms with Crippen LogP contribution in [0.25, 0.3) is 11.4 Å². The highest BCUT2D eigenvalue weighted by atomic mass is 19.1. The van der Waals surface area contributed by atoms with Gasteiger partial charge in [-0.15, -0.1) is 0 Å². The van der Waals surface area contributed by atoms with Crippen LogP contribution < -0.4 is 0 Å². The Balaban J connectivity index is 2.35. The number of hydrogen-bond donors (Lipinski definition) is 0. The normalized spacial score (nSPS) is 10.8. The summed E-state index contributed by atoms with van der Waals surface area (Å²) in [6, 6.07) is 6.30. The molecule has 0 amide bonds. The molecule has 1 aromatic heterocycles. The Morgan fingerprint density at radius 1 is 1.12 bits per heavy atom. The van der Waals surface area contributed by atoms with Crippen molar-refractivity contribution in [2.24, 2.45) is 0 Å². The third-order valence-electron chi connectivity index (χ3n) is 2.42. The first kappa shape index (κ1) is 10.7. The van der Waals surface area contributed by atoms with E-state index in [0.29, 0.717) is 17.3 Å². The molecule has 82 valence electrons. The molecule has 2 nitrogen and oxygen atoms in total. The Labute approximate surface area is 94.2 Å². The Morgan fingerprint density at radius 2 is 1.81 bits per heavy atom. The number of benzene rings is 1.